The molecule has 0 spiro atoms. The topological polar surface area (TPSA) is 17.1 Å². The fourth-order valence-corrected chi connectivity index (χ4v) is 1.66. The molecule has 1 atom stereocenters. The second-order valence-electron chi connectivity index (χ2n) is 3.23. The molecule has 15 heavy (non-hydrogen) atoms. The molecule has 0 heterocycles. The Bertz CT molecular complexity index is 193. The first-order valence-electron chi connectivity index (χ1n) is 4.65. The minimum Gasteiger partial charge on any atom is -0.288 e. The maximum atomic E-state index is 12.9. The zero-order valence-corrected chi connectivity index (χ0v) is 9.26. The summed E-state index contributed by atoms with van der Waals surface area (Å²) in [4.78, 5) is 10.5. The van der Waals surface area contributed by atoms with Gasteiger partial charge in [-0.25, -0.2) is 4.39 Å². The van der Waals surface area contributed by atoms with Gasteiger partial charge in [-0.15, -0.1) is 0 Å². The van der Waals surface area contributed by atoms with Crippen molar-refractivity contribution in [2.24, 2.45) is 0 Å². The monoisotopic (exact) mass is 246 g/mol. The number of halogens is 4. The zero-order chi connectivity index (χ0) is 11.9. The highest BCUT2D eigenvalue weighted by Crippen LogP contribution is 2.24. The van der Waals surface area contributed by atoms with E-state index in [2.05, 4.69) is 0 Å². The van der Waals surface area contributed by atoms with Gasteiger partial charge in [-0.05, 0) is 19.3 Å². The molecule has 0 rings (SSSR count). The highest BCUT2D eigenvalue weighted by Gasteiger charge is 2.26. The van der Waals surface area contributed by atoms with E-state index in [4.69, 9.17) is 0 Å². The molecule has 0 N–H and O–H groups in total. The highest BCUT2D eigenvalue weighted by molar-refractivity contribution is 8.13. The van der Waals surface area contributed by atoms with Crippen LogP contribution in [0.3, 0.4) is 0 Å². The van der Waals surface area contributed by atoms with Crippen molar-refractivity contribution in [1.29, 1.82) is 0 Å². The van der Waals surface area contributed by atoms with Crippen LogP contribution in [0.25, 0.3) is 0 Å². The van der Waals surface area contributed by atoms with Crippen molar-refractivity contribution in [3.05, 3.63) is 0 Å². The molecule has 0 saturated carbocycles. The van der Waals surface area contributed by atoms with Crippen molar-refractivity contribution in [1.82, 2.24) is 0 Å². The number of thioether (sulfide) groups is 1. The third-order valence-electron chi connectivity index (χ3n) is 1.71. The Hall–Kier alpha value is -0.260. The lowest BCUT2D eigenvalue weighted by atomic mass is 10.1. The smallest absolute Gasteiger partial charge is 0.288 e. The number of carbonyl (C=O) groups excluding carboxylic acids is 1. The van der Waals surface area contributed by atoms with Crippen molar-refractivity contribution < 1.29 is 22.4 Å². The van der Waals surface area contributed by atoms with Crippen LogP contribution in [-0.4, -0.2) is 23.2 Å². The fourth-order valence-electron chi connectivity index (χ4n) is 0.999. The first-order chi connectivity index (χ1) is 6.81. The summed E-state index contributed by atoms with van der Waals surface area (Å²) < 4.78 is 48.0. The van der Waals surface area contributed by atoms with Gasteiger partial charge in [-0.2, -0.15) is 13.2 Å². The average Bonchev–Trinajstić information content (AvgIpc) is 2.00. The Morgan fingerprint density at radius 3 is 2.40 bits per heavy atom. The first-order valence-corrected chi connectivity index (χ1v) is 5.64. The van der Waals surface area contributed by atoms with Gasteiger partial charge in [-0.1, -0.05) is 11.8 Å². The summed E-state index contributed by atoms with van der Waals surface area (Å²) in [6.45, 7) is 1.38. The maximum absolute atomic E-state index is 12.9. The molecule has 0 aromatic carbocycles. The van der Waals surface area contributed by atoms with Crippen molar-refractivity contribution in [3.8, 4) is 0 Å². The molecule has 0 aromatic heterocycles. The van der Waals surface area contributed by atoms with Crippen LogP contribution in [0.1, 0.15) is 32.6 Å². The molecule has 0 bridgehead atoms. The molecule has 0 aliphatic heterocycles. The molecule has 6 heteroatoms. The van der Waals surface area contributed by atoms with E-state index in [0.29, 0.717) is 5.75 Å². The molecule has 0 amide bonds. The molecular weight excluding hydrogens is 232 g/mol. The van der Waals surface area contributed by atoms with Gasteiger partial charge < -0.3 is 0 Å². The Morgan fingerprint density at radius 2 is 1.93 bits per heavy atom. The molecule has 0 radical (unpaired) electrons. The van der Waals surface area contributed by atoms with E-state index in [1.165, 1.54) is 6.92 Å². The average molecular weight is 246 g/mol. The van der Waals surface area contributed by atoms with Gasteiger partial charge >= 0.3 is 6.18 Å². The Morgan fingerprint density at radius 1 is 1.33 bits per heavy atom. The number of hydrogen-bond donors (Lipinski definition) is 0. The van der Waals surface area contributed by atoms with Crippen molar-refractivity contribution in [2.45, 2.75) is 45.0 Å². The summed E-state index contributed by atoms with van der Waals surface area (Å²) in [7, 11) is 0. The maximum Gasteiger partial charge on any atom is 0.389 e. The standard InChI is InChI=1S/C9H14F4OS/c1-7(14)15-6-4-8(10)3-2-5-9(11,12)13/h8H,2-6H2,1H3. The number of rotatable bonds is 6. The van der Waals surface area contributed by atoms with E-state index < -0.39 is 18.8 Å². The Balaban J connectivity index is 3.41. The lowest BCUT2D eigenvalue weighted by molar-refractivity contribution is -0.136. The highest BCUT2D eigenvalue weighted by atomic mass is 32.2. The summed E-state index contributed by atoms with van der Waals surface area (Å²) in [5, 5.41) is -0.0995. The predicted molar refractivity (Wildman–Crippen MR) is 52.6 cm³/mol. The summed E-state index contributed by atoms with van der Waals surface area (Å²) in [5.41, 5.74) is 0. The normalized spacial score (nSPS) is 13.9. The number of carbonyl (C=O) groups is 1. The fraction of sp³-hybridized carbons (Fsp3) is 0.889. The minimum atomic E-state index is -4.20. The third kappa shape index (κ3) is 11.7. The first kappa shape index (κ1) is 14.7. The van der Waals surface area contributed by atoms with Crippen molar-refractivity contribution in [2.75, 3.05) is 5.75 Å². The molecule has 0 saturated heterocycles. The summed E-state index contributed by atoms with van der Waals surface area (Å²) in [5.74, 6) is 0.336. The van der Waals surface area contributed by atoms with E-state index in [0.717, 1.165) is 11.8 Å². The van der Waals surface area contributed by atoms with Gasteiger partial charge in [0.05, 0.1) is 0 Å². The SMILES string of the molecule is CC(=O)SCCC(F)CCCC(F)(F)F. The molecule has 1 nitrogen and oxygen atoms in total. The molecule has 0 fully saturated rings. The van der Waals surface area contributed by atoms with Crippen molar-refractivity contribution >= 4 is 16.9 Å². The third-order valence-corrected chi connectivity index (χ3v) is 2.56. The van der Waals surface area contributed by atoms with E-state index in [1.54, 1.807) is 0 Å². The molecule has 90 valence electrons. The zero-order valence-electron chi connectivity index (χ0n) is 8.44. The number of alkyl halides is 4. The van der Waals surface area contributed by atoms with E-state index in [1.807, 2.05) is 0 Å². The Kier molecular flexibility index (Phi) is 6.96. The molecule has 0 aliphatic carbocycles. The molecule has 1 unspecified atom stereocenters. The lowest BCUT2D eigenvalue weighted by Gasteiger charge is -2.08. The van der Waals surface area contributed by atoms with E-state index in [-0.39, 0.29) is 24.4 Å². The number of hydrogen-bond acceptors (Lipinski definition) is 2. The lowest BCUT2D eigenvalue weighted by Crippen LogP contribution is -2.09. The van der Waals surface area contributed by atoms with Crippen LogP contribution in [0.15, 0.2) is 0 Å². The van der Waals surface area contributed by atoms with Crippen molar-refractivity contribution in [3.63, 3.8) is 0 Å². The largest absolute Gasteiger partial charge is 0.389 e. The molecule has 0 aliphatic rings. The van der Waals surface area contributed by atoms with Gasteiger partial charge in [0.1, 0.15) is 6.17 Å². The van der Waals surface area contributed by atoms with Gasteiger partial charge in [0.2, 0.25) is 0 Å². The second-order valence-corrected chi connectivity index (χ2v) is 4.51. The predicted octanol–water partition coefficient (Wildman–Crippen LogP) is 3.73. The van der Waals surface area contributed by atoms with Crippen LogP contribution in [0.2, 0.25) is 0 Å². The van der Waals surface area contributed by atoms with Gasteiger partial charge in [0.15, 0.2) is 5.12 Å². The van der Waals surface area contributed by atoms with E-state index in [9.17, 15) is 22.4 Å². The molecular formula is C9H14F4OS. The molecule has 0 aromatic rings. The summed E-state index contributed by atoms with van der Waals surface area (Å²) in [6, 6.07) is 0. The van der Waals surface area contributed by atoms with Gasteiger partial charge in [-0.3, -0.25) is 4.79 Å². The second kappa shape index (κ2) is 7.09. The van der Waals surface area contributed by atoms with E-state index >= 15 is 0 Å². The van der Waals surface area contributed by atoms with Crippen LogP contribution >= 0.6 is 11.8 Å². The van der Waals surface area contributed by atoms with Gasteiger partial charge in [0, 0.05) is 19.1 Å². The quantitative estimate of drug-likeness (QED) is 0.664. The van der Waals surface area contributed by atoms with Gasteiger partial charge in [0.25, 0.3) is 0 Å². The van der Waals surface area contributed by atoms with Crippen LogP contribution in [0, 0.1) is 0 Å². The summed E-state index contributed by atoms with van der Waals surface area (Å²) >= 11 is 0.997. The minimum absolute atomic E-state index is 0.0853. The summed E-state index contributed by atoms with van der Waals surface area (Å²) in [6.07, 6.45) is -6.50. The Labute approximate surface area is 90.6 Å². The van der Waals surface area contributed by atoms with Crippen LogP contribution < -0.4 is 0 Å². The van der Waals surface area contributed by atoms with Crippen LogP contribution in [-0.2, 0) is 4.79 Å². The van der Waals surface area contributed by atoms with Crippen LogP contribution in [0.4, 0.5) is 17.6 Å². The van der Waals surface area contributed by atoms with Crippen LogP contribution in [0.5, 0.6) is 0 Å².